The SMILES string of the molecule is C[C@@H]1CCCN(c2ncc(CNCC3(c4cccc(F)c4)CCOCC3)cn2)C1. The van der Waals surface area contributed by atoms with E-state index < -0.39 is 0 Å². The lowest BCUT2D eigenvalue weighted by atomic mass is 9.74. The van der Waals surface area contributed by atoms with Gasteiger partial charge in [0.15, 0.2) is 0 Å². The zero-order chi connectivity index (χ0) is 20.1. The summed E-state index contributed by atoms with van der Waals surface area (Å²) in [4.78, 5) is 11.5. The fraction of sp³-hybridized carbons (Fsp3) is 0.565. The molecule has 29 heavy (non-hydrogen) atoms. The van der Waals surface area contributed by atoms with E-state index in [0.29, 0.717) is 25.7 Å². The van der Waals surface area contributed by atoms with Gasteiger partial charge in [-0.2, -0.15) is 0 Å². The molecule has 2 saturated heterocycles. The van der Waals surface area contributed by atoms with Crippen LogP contribution in [0.1, 0.15) is 43.7 Å². The lowest BCUT2D eigenvalue weighted by molar-refractivity contribution is 0.0496. The van der Waals surface area contributed by atoms with E-state index in [9.17, 15) is 4.39 Å². The summed E-state index contributed by atoms with van der Waals surface area (Å²) in [5.41, 5.74) is 2.03. The number of benzene rings is 1. The summed E-state index contributed by atoms with van der Waals surface area (Å²) in [6.45, 7) is 7.28. The molecular weight excluding hydrogens is 367 g/mol. The second-order valence-electron chi connectivity index (χ2n) is 8.59. The van der Waals surface area contributed by atoms with E-state index in [2.05, 4.69) is 27.1 Å². The van der Waals surface area contributed by atoms with E-state index in [0.717, 1.165) is 49.6 Å². The molecule has 6 heteroatoms. The molecule has 0 bridgehead atoms. The number of nitrogens with zero attached hydrogens (tertiary/aromatic N) is 3. The summed E-state index contributed by atoms with van der Waals surface area (Å²) in [5.74, 6) is 1.36. The second kappa shape index (κ2) is 9.18. The predicted octanol–water partition coefficient (Wildman–Crippen LogP) is 3.69. The molecule has 2 fully saturated rings. The van der Waals surface area contributed by atoms with Crippen LogP contribution in [0, 0.1) is 11.7 Å². The van der Waals surface area contributed by atoms with E-state index >= 15 is 0 Å². The van der Waals surface area contributed by atoms with Gasteiger partial charge in [-0.15, -0.1) is 0 Å². The highest BCUT2D eigenvalue weighted by Crippen LogP contribution is 2.34. The fourth-order valence-electron chi connectivity index (χ4n) is 4.57. The molecule has 156 valence electrons. The number of anilines is 1. The van der Waals surface area contributed by atoms with Crippen LogP contribution in [-0.2, 0) is 16.7 Å². The largest absolute Gasteiger partial charge is 0.381 e. The molecule has 4 rings (SSSR count). The Bertz CT molecular complexity index is 792. The van der Waals surface area contributed by atoms with E-state index in [1.165, 1.54) is 18.9 Å². The van der Waals surface area contributed by atoms with Crippen molar-refractivity contribution in [1.82, 2.24) is 15.3 Å². The van der Waals surface area contributed by atoms with Crippen LogP contribution in [0.15, 0.2) is 36.7 Å². The van der Waals surface area contributed by atoms with Gasteiger partial charge in [0.1, 0.15) is 5.82 Å². The first kappa shape index (κ1) is 20.2. The molecule has 2 aromatic rings. The quantitative estimate of drug-likeness (QED) is 0.804. The molecule has 1 aromatic carbocycles. The number of ether oxygens (including phenoxy) is 1. The Morgan fingerprint density at radius 3 is 2.76 bits per heavy atom. The highest BCUT2D eigenvalue weighted by atomic mass is 19.1. The van der Waals surface area contributed by atoms with Crippen molar-refractivity contribution in [3.63, 3.8) is 0 Å². The molecular formula is C23H31FN4O. The van der Waals surface area contributed by atoms with Crippen molar-refractivity contribution in [2.24, 2.45) is 5.92 Å². The summed E-state index contributed by atoms with van der Waals surface area (Å²) in [5, 5.41) is 3.56. The van der Waals surface area contributed by atoms with E-state index in [-0.39, 0.29) is 11.2 Å². The topological polar surface area (TPSA) is 50.3 Å². The molecule has 0 radical (unpaired) electrons. The molecule has 1 aromatic heterocycles. The Morgan fingerprint density at radius 2 is 2.03 bits per heavy atom. The van der Waals surface area contributed by atoms with Crippen LogP contribution in [0.5, 0.6) is 0 Å². The smallest absolute Gasteiger partial charge is 0.225 e. The van der Waals surface area contributed by atoms with Crippen molar-refractivity contribution in [2.75, 3.05) is 37.7 Å². The maximum absolute atomic E-state index is 13.8. The predicted molar refractivity (Wildman–Crippen MR) is 112 cm³/mol. The van der Waals surface area contributed by atoms with Crippen LogP contribution >= 0.6 is 0 Å². The molecule has 2 aliphatic heterocycles. The maximum atomic E-state index is 13.8. The van der Waals surface area contributed by atoms with Gasteiger partial charge < -0.3 is 15.0 Å². The highest BCUT2D eigenvalue weighted by Gasteiger charge is 2.34. The summed E-state index contributed by atoms with van der Waals surface area (Å²) < 4.78 is 19.4. The molecule has 0 spiro atoms. The summed E-state index contributed by atoms with van der Waals surface area (Å²) in [6, 6.07) is 7.01. The number of rotatable bonds is 6. The van der Waals surface area contributed by atoms with Crippen LogP contribution in [0.4, 0.5) is 10.3 Å². The fourth-order valence-corrected chi connectivity index (χ4v) is 4.57. The number of halogens is 1. The number of aromatic nitrogens is 2. The Morgan fingerprint density at radius 1 is 1.24 bits per heavy atom. The number of nitrogens with one attached hydrogen (secondary N) is 1. The average Bonchev–Trinajstić information content (AvgIpc) is 2.75. The van der Waals surface area contributed by atoms with Crippen molar-refractivity contribution >= 4 is 5.95 Å². The molecule has 0 unspecified atom stereocenters. The van der Waals surface area contributed by atoms with Crippen molar-refractivity contribution in [1.29, 1.82) is 0 Å². The third-order valence-corrected chi connectivity index (χ3v) is 6.31. The third-order valence-electron chi connectivity index (χ3n) is 6.31. The number of hydrogen-bond acceptors (Lipinski definition) is 5. The number of hydrogen-bond donors (Lipinski definition) is 1. The van der Waals surface area contributed by atoms with Crippen LogP contribution < -0.4 is 10.2 Å². The Kier molecular flexibility index (Phi) is 6.40. The Hall–Kier alpha value is -2.05. The lowest BCUT2D eigenvalue weighted by Gasteiger charge is -2.38. The van der Waals surface area contributed by atoms with Gasteiger partial charge in [0, 0.05) is 62.8 Å². The van der Waals surface area contributed by atoms with Crippen molar-refractivity contribution < 1.29 is 9.13 Å². The lowest BCUT2D eigenvalue weighted by Crippen LogP contribution is -2.42. The zero-order valence-corrected chi connectivity index (χ0v) is 17.2. The van der Waals surface area contributed by atoms with Gasteiger partial charge >= 0.3 is 0 Å². The first-order chi connectivity index (χ1) is 14.1. The van der Waals surface area contributed by atoms with Crippen molar-refractivity contribution in [3.8, 4) is 0 Å². The Balaban J connectivity index is 1.37. The number of piperidine rings is 1. The van der Waals surface area contributed by atoms with E-state index in [1.54, 1.807) is 12.1 Å². The van der Waals surface area contributed by atoms with Crippen LogP contribution in [0.25, 0.3) is 0 Å². The van der Waals surface area contributed by atoms with E-state index in [4.69, 9.17) is 4.74 Å². The molecule has 3 heterocycles. The second-order valence-corrected chi connectivity index (χ2v) is 8.59. The summed E-state index contributed by atoms with van der Waals surface area (Å²) in [7, 11) is 0. The highest BCUT2D eigenvalue weighted by molar-refractivity contribution is 5.31. The van der Waals surface area contributed by atoms with Gasteiger partial charge in [0.25, 0.3) is 0 Å². The molecule has 0 amide bonds. The normalized spacial score (nSPS) is 21.9. The van der Waals surface area contributed by atoms with Gasteiger partial charge in [-0.25, -0.2) is 14.4 Å². The van der Waals surface area contributed by atoms with Crippen LogP contribution in [-0.4, -0.2) is 42.8 Å². The minimum absolute atomic E-state index is 0.0922. The van der Waals surface area contributed by atoms with Gasteiger partial charge in [0.05, 0.1) is 0 Å². The first-order valence-corrected chi connectivity index (χ1v) is 10.7. The molecule has 5 nitrogen and oxygen atoms in total. The van der Waals surface area contributed by atoms with Gasteiger partial charge in [0.2, 0.25) is 5.95 Å². The van der Waals surface area contributed by atoms with Crippen molar-refractivity contribution in [3.05, 3.63) is 53.6 Å². The van der Waals surface area contributed by atoms with Gasteiger partial charge in [-0.1, -0.05) is 19.1 Å². The molecule has 0 aliphatic carbocycles. The van der Waals surface area contributed by atoms with Crippen molar-refractivity contribution in [2.45, 2.75) is 44.6 Å². The van der Waals surface area contributed by atoms with Gasteiger partial charge in [-0.3, -0.25) is 0 Å². The average molecular weight is 399 g/mol. The van der Waals surface area contributed by atoms with Crippen LogP contribution in [0.2, 0.25) is 0 Å². The van der Waals surface area contributed by atoms with E-state index in [1.807, 2.05) is 18.5 Å². The summed E-state index contributed by atoms with van der Waals surface area (Å²) >= 11 is 0. The maximum Gasteiger partial charge on any atom is 0.225 e. The first-order valence-electron chi connectivity index (χ1n) is 10.7. The minimum atomic E-state index is -0.176. The standard InChI is InChI=1S/C23H31FN4O/c1-18-4-3-9-28(16-18)22-26-14-19(15-27-22)13-25-17-23(7-10-29-11-8-23)20-5-2-6-21(24)12-20/h2,5-6,12,14-15,18,25H,3-4,7-11,13,16-17H2,1H3/t18-/m1/s1. The minimum Gasteiger partial charge on any atom is -0.381 e. The van der Waals surface area contributed by atoms with Crippen LogP contribution in [0.3, 0.4) is 0 Å². The zero-order valence-electron chi connectivity index (χ0n) is 17.2. The monoisotopic (exact) mass is 398 g/mol. The molecule has 1 atom stereocenters. The molecule has 1 N–H and O–H groups in total. The third kappa shape index (κ3) is 4.93. The molecule has 0 saturated carbocycles. The molecule has 2 aliphatic rings. The summed E-state index contributed by atoms with van der Waals surface area (Å²) in [6.07, 6.45) is 8.13. The van der Waals surface area contributed by atoms with Gasteiger partial charge in [-0.05, 0) is 49.3 Å². The Labute approximate surface area is 172 Å².